The van der Waals surface area contributed by atoms with Gasteiger partial charge >= 0.3 is 6.85 Å². The molecule has 1 aromatic heterocycles. The van der Waals surface area contributed by atoms with E-state index in [9.17, 15) is 0 Å². The zero-order valence-corrected chi connectivity index (χ0v) is 14.3. The van der Waals surface area contributed by atoms with E-state index in [2.05, 4.69) is 94.7 Å². The summed E-state index contributed by atoms with van der Waals surface area (Å²) < 4.78 is 0. The molecule has 0 saturated carbocycles. The molecular formula is C23H17BN2. The second kappa shape index (κ2) is 6.19. The van der Waals surface area contributed by atoms with Crippen molar-refractivity contribution in [1.29, 1.82) is 0 Å². The second-order valence-corrected chi connectivity index (χ2v) is 6.48. The molecule has 0 spiro atoms. The average molecular weight is 332 g/mol. The Hall–Kier alpha value is -3.33. The number of para-hydroxylation sites is 1. The van der Waals surface area contributed by atoms with Crippen LogP contribution in [0.5, 0.6) is 0 Å². The molecule has 1 aliphatic heterocycles. The van der Waals surface area contributed by atoms with E-state index in [0.29, 0.717) is 0 Å². The molecule has 0 atom stereocenters. The molecule has 0 bridgehead atoms. The Kier molecular flexibility index (Phi) is 3.57. The minimum Gasteiger partial charge on any atom is -0.361 e. The van der Waals surface area contributed by atoms with Gasteiger partial charge in [0.15, 0.2) is 0 Å². The predicted octanol–water partition coefficient (Wildman–Crippen LogP) is 4.01. The smallest absolute Gasteiger partial charge is 0.330 e. The lowest BCUT2D eigenvalue weighted by Gasteiger charge is -2.38. The maximum Gasteiger partial charge on any atom is 0.330 e. The van der Waals surface area contributed by atoms with Crippen LogP contribution >= 0.6 is 0 Å². The third kappa shape index (κ3) is 2.32. The standard InChI is InChI=1S/C23H17BN2/c1-2-10-18(11-3-1)24-21-14-6-4-12-19(21)20-13-5-7-15-22(20)26(24)23-16-8-9-17-25-23/h1-17H. The van der Waals surface area contributed by atoms with Gasteiger partial charge in [-0.15, -0.1) is 0 Å². The first-order valence-electron chi connectivity index (χ1n) is 8.87. The molecule has 2 heterocycles. The third-order valence-corrected chi connectivity index (χ3v) is 4.98. The fourth-order valence-corrected chi connectivity index (χ4v) is 3.89. The first kappa shape index (κ1) is 15.0. The highest BCUT2D eigenvalue weighted by Gasteiger charge is 2.36. The molecule has 0 N–H and O–H groups in total. The summed E-state index contributed by atoms with van der Waals surface area (Å²) in [4.78, 5) is 7.03. The molecule has 3 aromatic carbocycles. The number of nitrogens with zero attached hydrogens (tertiary/aromatic N) is 2. The fraction of sp³-hybridized carbons (Fsp3) is 0. The van der Waals surface area contributed by atoms with Crippen LogP contribution < -0.4 is 15.7 Å². The van der Waals surface area contributed by atoms with Gasteiger partial charge in [-0.25, -0.2) is 4.98 Å². The van der Waals surface area contributed by atoms with Crippen molar-refractivity contribution >= 4 is 29.3 Å². The SMILES string of the molecule is c1ccc(B2c3ccccc3-c3ccccc3N2c2ccccn2)cc1. The van der Waals surface area contributed by atoms with Crippen LogP contribution in [0.4, 0.5) is 11.5 Å². The van der Waals surface area contributed by atoms with Crippen LogP contribution in [-0.2, 0) is 0 Å². The maximum atomic E-state index is 4.68. The van der Waals surface area contributed by atoms with Gasteiger partial charge in [-0.3, -0.25) is 0 Å². The van der Waals surface area contributed by atoms with Gasteiger partial charge in [0.05, 0.1) is 0 Å². The minimum atomic E-state index is 0.0946. The number of fused-ring (bicyclic) bond motifs is 3. The molecule has 1 aliphatic rings. The van der Waals surface area contributed by atoms with Crippen LogP contribution in [0.2, 0.25) is 0 Å². The molecule has 122 valence electrons. The van der Waals surface area contributed by atoms with Gasteiger partial charge < -0.3 is 4.81 Å². The molecule has 0 amide bonds. The molecule has 0 aliphatic carbocycles. The van der Waals surface area contributed by atoms with Crippen molar-refractivity contribution in [2.75, 3.05) is 4.81 Å². The highest BCUT2D eigenvalue weighted by molar-refractivity contribution is 6.90. The fourth-order valence-electron chi connectivity index (χ4n) is 3.89. The summed E-state index contributed by atoms with van der Waals surface area (Å²) in [6.45, 7) is 0.0946. The molecule has 0 saturated heterocycles. The Morgan fingerprint density at radius 3 is 2.12 bits per heavy atom. The van der Waals surface area contributed by atoms with E-state index in [0.717, 1.165) is 5.82 Å². The van der Waals surface area contributed by atoms with E-state index in [1.807, 2.05) is 18.3 Å². The molecule has 2 nitrogen and oxygen atoms in total. The number of benzene rings is 3. The third-order valence-electron chi connectivity index (χ3n) is 4.98. The zero-order chi connectivity index (χ0) is 17.3. The molecule has 0 fully saturated rings. The summed E-state index contributed by atoms with van der Waals surface area (Å²) in [6.07, 6.45) is 1.86. The van der Waals surface area contributed by atoms with Crippen molar-refractivity contribution in [2.24, 2.45) is 0 Å². The number of rotatable bonds is 2. The lowest BCUT2D eigenvalue weighted by atomic mass is 9.46. The highest BCUT2D eigenvalue weighted by atomic mass is 15.1. The average Bonchev–Trinajstić information content (AvgIpc) is 2.74. The van der Waals surface area contributed by atoms with Gasteiger partial charge in [0.1, 0.15) is 5.82 Å². The maximum absolute atomic E-state index is 4.68. The summed E-state index contributed by atoms with van der Waals surface area (Å²) in [5.41, 5.74) is 6.31. The minimum absolute atomic E-state index is 0.0946. The van der Waals surface area contributed by atoms with Crippen molar-refractivity contribution in [3.8, 4) is 11.1 Å². The zero-order valence-electron chi connectivity index (χ0n) is 14.3. The normalized spacial score (nSPS) is 12.5. The molecule has 26 heavy (non-hydrogen) atoms. The topological polar surface area (TPSA) is 16.1 Å². The number of anilines is 2. The molecule has 3 heteroatoms. The van der Waals surface area contributed by atoms with E-state index in [1.54, 1.807) is 0 Å². The Balaban J connectivity index is 1.83. The van der Waals surface area contributed by atoms with Crippen molar-refractivity contribution < 1.29 is 0 Å². The lowest BCUT2D eigenvalue weighted by molar-refractivity contribution is 1.23. The van der Waals surface area contributed by atoms with E-state index in [4.69, 9.17) is 0 Å². The van der Waals surface area contributed by atoms with Crippen molar-refractivity contribution in [2.45, 2.75) is 0 Å². The Bertz CT molecular complexity index is 961. The summed E-state index contributed by atoms with van der Waals surface area (Å²) >= 11 is 0. The van der Waals surface area contributed by atoms with Gasteiger partial charge in [0, 0.05) is 17.4 Å². The number of aromatic nitrogens is 1. The van der Waals surface area contributed by atoms with E-state index < -0.39 is 0 Å². The van der Waals surface area contributed by atoms with Gasteiger partial charge in [0.25, 0.3) is 0 Å². The Labute approximate surface area is 153 Å². The van der Waals surface area contributed by atoms with Crippen LogP contribution in [0.3, 0.4) is 0 Å². The molecule has 0 radical (unpaired) electrons. The number of hydrogen-bond donors (Lipinski definition) is 0. The van der Waals surface area contributed by atoms with Gasteiger partial charge in [-0.1, -0.05) is 84.3 Å². The second-order valence-electron chi connectivity index (χ2n) is 6.48. The Morgan fingerprint density at radius 1 is 0.615 bits per heavy atom. The van der Waals surface area contributed by atoms with E-state index >= 15 is 0 Å². The van der Waals surface area contributed by atoms with Gasteiger partial charge in [0.2, 0.25) is 0 Å². The van der Waals surface area contributed by atoms with Crippen LogP contribution in [0.1, 0.15) is 0 Å². The van der Waals surface area contributed by atoms with Crippen molar-refractivity contribution in [3.05, 3.63) is 103 Å². The summed E-state index contributed by atoms with van der Waals surface area (Å²) in [5.74, 6) is 0.961. The molecule has 0 unspecified atom stereocenters. The summed E-state index contributed by atoms with van der Waals surface area (Å²) in [6, 6.07) is 34.1. The van der Waals surface area contributed by atoms with Crippen molar-refractivity contribution in [3.63, 3.8) is 0 Å². The van der Waals surface area contributed by atoms with E-state index in [-0.39, 0.29) is 6.85 Å². The monoisotopic (exact) mass is 332 g/mol. The first-order chi connectivity index (χ1) is 12.9. The molecule has 4 aromatic rings. The largest absolute Gasteiger partial charge is 0.361 e. The van der Waals surface area contributed by atoms with Crippen LogP contribution in [0, 0.1) is 0 Å². The van der Waals surface area contributed by atoms with Crippen LogP contribution in [0.15, 0.2) is 103 Å². The highest BCUT2D eigenvalue weighted by Crippen LogP contribution is 2.38. The van der Waals surface area contributed by atoms with Crippen LogP contribution in [0.25, 0.3) is 11.1 Å². The quantitative estimate of drug-likeness (QED) is 0.516. The first-order valence-corrected chi connectivity index (χ1v) is 8.87. The molecular weight excluding hydrogens is 315 g/mol. The summed E-state index contributed by atoms with van der Waals surface area (Å²) in [7, 11) is 0. The molecule has 5 rings (SSSR count). The van der Waals surface area contributed by atoms with E-state index in [1.165, 1.54) is 27.7 Å². The van der Waals surface area contributed by atoms with Gasteiger partial charge in [-0.05, 0) is 29.2 Å². The number of hydrogen-bond acceptors (Lipinski definition) is 2. The predicted molar refractivity (Wildman–Crippen MR) is 110 cm³/mol. The summed E-state index contributed by atoms with van der Waals surface area (Å²) in [5, 5.41) is 0. The van der Waals surface area contributed by atoms with Crippen LogP contribution in [-0.4, -0.2) is 11.8 Å². The van der Waals surface area contributed by atoms with Crippen molar-refractivity contribution in [1.82, 2.24) is 4.98 Å². The lowest BCUT2D eigenvalue weighted by Crippen LogP contribution is -2.57. The number of pyridine rings is 1. The Morgan fingerprint density at radius 2 is 1.31 bits per heavy atom. The van der Waals surface area contributed by atoms with Gasteiger partial charge in [-0.2, -0.15) is 0 Å².